The van der Waals surface area contributed by atoms with E-state index in [2.05, 4.69) is 31.9 Å². The first-order chi connectivity index (χ1) is 14.3. The number of fused-ring (bicyclic) bond motifs is 2. The minimum atomic E-state index is 0.0603. The van der Waals surface area contributed by atoms with E-state index in [1.807, 2.05) is 18.2 Å². The molecule has 9 heteroatoms. The molecule has 3 aliphatic heterocycles. The van der Waals surface area contributed by atoms with Gasteiger partial charge in [0, 0.05) is 13.1 Å². The maximum atomic E-state index is 6.28. The minimum absolute atomic E-state index is 0.0603. The minimum Gasteiger partial charge on any atom is -0.378 e. The average Bonchev–Trinajstić information content (AvgIpc) is 2.98. The van der Waals surface area contributed by atoms with Crippen LogP contribution in [0.2, 0.25) is 5.28 Å². The first kappa shape index (κ1) is 19.0. The van der Waals surface area contributed by atoms with Crippen LogP contribution < -0.4 is 9.80 Å². The summed E-state index contributed by atoms with van der Waals surface area (Å²) in [5.74, 6) is 1.21. The summed E-state index contributed by atoms with van der Waals surface area (Å²) >= 11 is 6.27. The van der Waals surface area contributed by atoms with E-state index >= 15 is 0 Å². The SMILES string of the molecule is Clc1nc(N2CCOCC2)nc(N2[C@H]3COC[C@@H]2[C@H](OCc2ccccc2)C3)n1. The Balaban J connectivity index is 1.35. The van der Waals surface area contributed by atoms with Gasteiger partial charge in [0.05, 0.1) is 51.2 Å². The van der Waals surface area contributed by atoms with E-state index in [9.17, 15) is 0 Å². The highest BCUT2D eigenvalue weighted by Crippen LogP contribution is 2.35. The number of hydrogen-bond donors (Lipinski definition) is 0. The van der Waals surface area contributed by atoms with E-state index in [0.717, 1.165) is 19.5 Å². The number of nitrogens with zero attached hydrogens (tertiary/aromatic N) is 5. The normalized spacial score (nSPS) is 26.7. The summed E-state index contributed by atoms with van der Waals surface area (Å²) in [5, 5.41) is 0.212. The molecule has 3 aliphatic rings. The van der Waals surface area contributed by atoms with E-state index in [0.29, 0.717) is 44.9 Å². The Bertz CT molecular complexity index is 836. The molecule has 3 fully saturated rings. The molecule has 29 heavy (non-hydrogen) atoms. The second kappa shape index (κ2) is 8.39. The molecular formula is C20H24ClN5O3. The van der Waals surface area contributed by atoms with Gasteiger partial charge in [-0.2, -0.15) is 15.0 Å². The van der Waals surface area contributed by atoms with Crippen molar-refractivity contribution in [2.24, 2.45) is 0 Å². The van der Waals surface area contributed by atoms with Gasteiger partial charge in [0.1, 0.15) is 0 Å². The van der Waals surface area contributed by atoms with Gasteiger partial charge in [0.25, 0.3) is 0 Å². The molecule has 0 aliphatic carbocycles. The highest BCUT2D eigenvalue weighted by molar-refractivity contribution is 6.28. The highest BCUT2D eigenvalue weighted by Gasteiger charge is 2.46. The first-order valence-corrected chi connectivity index (χ1v) is 10.4. The molecule has 0 saturated carbocycles. The molecule has 0 unspecified atom stereocenters. The molecular weight excluding hydrogens is 394 g/mol. The van der Waals surface area contributed by atoms with Crippen molar-refractivity contribution < 1.29 is 14.2 Å². The van der Waals surface area contributed by atoms with Crippen molar-refractivity contribution in [3.05, 3.63) is 41.2 Å². The van der Waals surface area contributed by atoms with Gasteiger partial charge in [0.15, 0.2) is 0 Å². The Labute approximate surface area is 174 Å². The number of morpholine rings is 2. The molecule has 154 valence electrons. The lowest BCUT2D eigenvalue weighted by atomic mass is 10.1. The van der Waals surface area contributed by atoms with Gasteiger partial charge in [0.2, 0.25) is 17.2 Å². The highest BCUT2D eigenvalue weighted by atomic mass is 35.5. The van der Waals surface area contributed by atoms with Crippen LogP contribution in [0.4, 0.5) is 11.9 Å². The summed E-state index contributed by atoms with van der Waals surface area (Å²) in [4.78, 5) is 17.8. The monoisotopic (exact) mass is 417 g/mol. The maximum absolute atomic E-state index is 6.28. The lowest BCUT2D eigenvalue weighted by Gasteiger charge is -2.36. The molecule has 0 spiro atoms. The van der Waals surface area contributed by atoms with E-state index < -0.39 is 0 Å². The third kappa shape index (κ3) is 4.02. The van der Waals surface area contributed by atoms with Crippen LogP contribution in [-0.4, -0.2) is 72.7 Å². The third-order valence-corrected chi connectivity index (χ3v) is 5.87. The molecule has 0 N–H and O–H groups in total. The summed E-state index contributed by atoms with van der Waals surface area (Å²) in [6.07, 6.45) is 0.943. The zero-order valence-corrected chi connectivity index (χ0v) is 16.9. The molecule has 1 aromatic heterocycles. The third-order valence-electron chi connectivity index (χ3n) is 5.70. The van der Waals surface area contributed by atoms with Gasteiger partial charge in [-0.15, -0.1) is 0 Å². The number of aromatic nitrogens is 3. The molecule has 0 amide bonds. The van der Waals surface area contributed by atoms with E-state index in [1.54, 1.807) is 0 Å². The molecule has 5 rings (SSSR count). The smallest absolute Gasteiger partial charge is 0.232 e. The summed E-state index contributed by atoms with van der Waals surface area (Å²) in [6, 6.07) is 10.5. The Kier molecular flexibility index (Phi) is 5.50. The van der Waals surface area contributed by atoms with Crippen molar-refractivity contribution >= 4 is 23.5 Å². The molecule has 4 heterocycles. The van der Waals surface area contributed by atoms with Crippen molar-refractivity contribution in [2.45, 2.75) is 31.2 Å². The number of hydrogen-bond acceptors (Lipinski definition) is 8. The van der Waals surface area contributed by atoms with Crippen molar-refractivity contribution in [1.82, 2.24) is 15.0 Å². The van der Waals surface area contributed by atoms with Crippen molar-refractivity contribution in [3.8, 4) is 0 Å². The van der Waals surface area contributed by atoms with Crippen LogP contribution in [0.3, 0.4) is 0 Å². The lowest BCUT2D eigenvalue weighted by Crippen LogP contribution is -2.49. The average molecular weight is 418 g/mol. The predicted octanol–water partition coefficient (Wildman–Crippen LogP) is 1.92. The summed E-state index contributed by atoms with van der Waals surface area (Å²) in [7, 11) is 0. The van der Waals surface area contributed by atoms with Gasteiger partial charge in [-0.3, -0.25) is 0 Å². The van der Waals surface area contributed by atoms with Crippen molar-refractivity contribution in [1.29, 1.82) is 0 Å². The number of benzene rings is 1. The number of anilines is 2. The number of rotatable bonds is 5. The first-order valence-electron chi connectivity index (χ1n) is 10.0. The standard InChI is InChI=1S/C20H24ClN5O3/c21-18-22-19(25-6-8-27-9-7-25)24-20(23-18)26-15-10-17(16(26)13-28-12-15)29-11-14-4-2-1-3-5-14/h1-5,15-17H,6-13H2/t15-,16-,17-/m1/s1. The van der Waals surface area contributed by atoms with Crippen LogP contribution in [0, 0.1) is 0 Å². The van der Waals surface area contributed by atoms with Crippen LogP contribution >= 0.6 is 11.6 Å². The lowest BCUT2D eigenvalue weighted by molar-refractivity contribution is 0.0163. The fraction of sp³-hybridized carbons (Fsp3) is 0.550. The summed E-state index contributed by atoms with van der Waals surface area (Å²) < 4.78 is 17.5. The largest absolute Gasteiger partial charge is 0.378 e. The van der Waals surface area contributed by atoms with Crippen molar-refractivity contribution in [2.75, 3.05) is 49.3 Å². The maximum Gasteiger partial charge on any atom is 0.232 e. The Morgan fingerprint density at radius 3 is 2.62 bits per heavy atom. The molecule has 0 radical (unpaired) electrons. The fourth-order valence-corrected chi connectivity index (χ4v) is 4.42. The van der Waals surface area contributed by atoms with E-state index in [-0.39, 0.29) is 23.5 Å². The Morgan fingerprint density at radius 2 is 1.79 bits per heavy atom. The van der Waals surface area contributed by atoms with Gasteiger partial charge in [-0.25, -0.2) is 0 Å². The molecule has 3 atom stereocenters. The van der Waals surface area contributed by atoms with Gasteiger partial charge in [-0.1, -0.05) is 30.3 Å². The summed E-state index contributed by atoms with van der Waals surface area (Å²) in [6.45, 7) is 4.63. The summed E-state index contributed by atoms with van der Waals surface area (Å²) in [5.41, 5.74) is 1.17. The fourth-order valence-electron chi connectivity index (χ4n) is 4.27. The van der Waals surface area contributed by atoms with E-state index in [1.165, 1.54) is 5.56 Å². The van der Waals surface area contributed by atoms with Gasteiger partial charge >= 0.3 is 0 Å². The zero-order valence-electron chi connectivity index (χ0n) is 16.1. The van der Waals surface area contributed by atoms with Gasteiger partial charge < -0.3 is 24.0 Å². The van der Waals surface area contributed by atoms with Crippen LogP contribution in [-0.2, 0) is 20.8 Å². The van der Waals surface area contributed by atoms with Crippen molar-refractivity contribution in [3.63, 3.8) is 0 Å². The Morgan fingerprint density at radius 1 is 1.00 bits per heavy atom. The van der Waals surface area contributed by atoms with Crippen LogP contribution in [0.15, 0.2) is 30.3 Å². The second-order valence-electron chi connectivity index (χ2n) is 7.54. The Hall–Kier alpha value is -2.00. The van der Waals surface area contributed by atoms with Gasteiger partial charge in [-0.05, 0) is 23.6 Å². The van der Waals surface area contributed by atoms with Crippen LogP contribution in [0.1, 0.15) is 12.0 Å². The van der Waals surface area contributed by atoms with Crippen LogP contribution in [0.5, 0.6) is 0 Å². The quantitative estimate of drug-likeness (QED) is 0.730. The number of halogens is 1. The molecule has 1 aromatic carbocycles. The molecule has 2 bridgehead atoms. The van der Waals surface area contributed by atoms with E-state index in [4.69, 9.17) is 30.8 Å². The topological polar surface area (TPSA) is 72.8 Å². The second-order valence-corrected chi connectivity index (χ2v) is 7.88. The predicted molar refractivity (Wildman–Crippen MR) is 108 cm³/mol. The zero-order chi connectivity index (χ0) is 19.6. The molecule has 3 saturated heterocycles. The molecule has 2 aromatic rings. The molecule has 8 nitrogen and oxygen atoms in total. The number of ether oxygens (including phenoxy) is 3. The van der Waals surface area contributed by atoms with Crippen LogP contribution in [0.25, 0.3) is 0 Å².